The number of hydrogen-bond donors (Lipinski definition) is 1. The lowest BCUT2D eigenvalue weighted by molar-refractivity contribution is -0.138. The van der Waals surface area contributed by atoms with E-state index in [9.17, 15) is 14.0 Å². The van der Waals surface area contributed by atoms with Gasteiger partial charge in [0, 0.05) is 17.8 Å². The number of aliphatic imine (C=N–C) groups is 1. The number of methoxy groups -OCH3 is 2. The predicted octanol–water partition coefficient (Wildman–Crippen LogP) is 4.85. The Balaban J connectivity index is 1.67. The molecule has 0 radical (unpaired) electrons. The van der Waals surface area contributed by atoms with Gasteiger partial charge in [0.2, 0.25) is 5.91 Å². The first-order valence-corrected chi connectivity index (χ1v) is 12.7. The number of allylic oxidation sites excluding steroid dienone is 1. The number of amidine groups is 1. The van der Waals surface area contributed by atoms with Crippen molar-refractivity contribution in [3.8, 4) is 11.5 Å². The first-order chi connectivity index (χ1) is 18.4. The van der Waals surface area contributed by atoms with Crippen molar-refractivity contribution in [2.45, 2.75) is 25.9 Å². The van der Waals surface area contributed by atoms with Crippen LogP contribution in [0.1, 0.15) is 30.5 Å². The Morgan fingerprint density at radius 2 is 1.95 bits per heavy atom. The van der Waals surface area contributed by atoms with Crippen molar-refractivity contribution in [2.75, 3.05) is 20.8 Å². The largest absolute Gasteiger partial charge is 0.493 e. The standard InChI is InChI=1S/C28H28FN3O5S/c1-5-13-37-27(34)24-17(2)31-28-32(25(24)21-7-6-8-22(35-3)26(21)36-4)20(16-38-28)14-23(33)30-15-18-9-11-19(29)12-10-18/h5-12,16,25H,1,13-15H2,2-4H3,(H,30,33). The van der Waals surface area contributed by atoms with Crippen molar-refractivity contribution < 1.29 is 28.2 Å². The van der Waals surface area contributed by atoms with Crippen molar-refractivity contribution in [3.63, 3.8) is 0 Å². The lowest BCUT2D eigenvalue weighted by atomic mass is 9.92. The maximum atomic E-state index is 13.3. The second kappa shape index (κ2) is 12.0. The summed E-state index contributed by atoms with van der Waals surface area (Å²) < 4.78 is 29.9. The molecule has 2 aliphatic heterocycles. The Kier molecular flexibility index (Phi) is 8.52. The zero-order valence-electron chi connectivity index (χ0n) is 21.3. The first kappa shape index (κ1) is 27.0. The summed E-state index contributed by atoms with van der Waals surface area (Å²) in [5, 5.41) is 5.34. The number of nitrogens with zero attached hydrogens (tertiary/aromatic N) is 2. The molecule has 2 aromatic carbocycles. The van der Waals surface area contributed by atoms with Gasteiger partial charge in [-0.25, -0.2) is 14.2 Å². The van der Waals surface area contributed by atoms with Crippen LogP contribution in [0.3, 0.4) is 0 Å². The minimum Gasteiger partial charge on any atom is -0.493 e. The van der Waals surface area contributed by atoms with E-state index in [-0.39, 0.29) is 31.3 Å². The van der Waals surface area contributed by atoms with Crippen molar-refractivity contribution in [1.29, 1.82) is 0 Å². The van der Waals surface area contributed by atoms with Gasteiger partial charge in [-0.2, -0.15) is 0 Å². The van der Waals surface area contributed by atoms with Crippen LogP contribution in [0.4, 0.5) is 4.39 Å². The van der Waals surface area contributed by atoms with E-state index in [1.54, 1.807) is 25.1 Å². The number of carbonyl (C=O) groups excluding carboxylic acids is 2. The molecule has 1 amide bonds. The molecule has 0 spiro atoms. The summed E-state index contributed by atoms with van der Waals surface area (Å²) in [6, 6.07) is 10.7. The number of thioether (sulfide) groups is 1. The molecule has 0 fully saturated rings. The van der Waals surface area contributed by atoms with Gasteiger partial charge in [0.25, 0.3) is 0 Å². The van der Waals surface area contributed by atoms with Gasteiger partial charge in [0.05, 0.1) is 38.0 Å². The monoisotopic (exact) mass is 537 g/mol. The number of para-hydroxylation sites is 1. The summed E-state index contributed by atoms with van der Waals surface area (Å²) in [6.45, 7) is 5.67. The smallest absolute Gasteiger partial charge is 0.338 e. The number of fused-ring (bicyclic) bond motifs is 1. The Bertz CT molecular complexity index is 1340. The van der Waals surface area contributed by atoms with Crippen molar-refractivity contribution in [1.82, 2.24) is 10.2 Å². The quantitative estimate of drug-likeness (QED) is 0.342. The summed E-state index contributed by atoms with van der Waals surface area (Å²) in [5.74, 6) is -0.159. The highest BCUT2D eigenvalue weighted by Crippen LogP contribution is 2.48. The SMILES string of the molecule is C=CCOC(=O)C1=C(C)N=C2SC=C(CC(=O)NCc3ccc(F)cc3)N2C1c1cccc(OC)c1OC. The zero-order valence-corrected chi connectivity index (χ0v) is 22.1. The Morgan fingerprint density at radius 1 is 1.18 bits per heavy atom. The molecule has 10 heteroatoms. The second-order valence-electron chi connectivity index (χ2n) is 8.44. The van der Waals surface area contributed by atoms with Gasteiger partial charge in [-0.15, -0.1) is 0 Å². The number of carbonyl (C=O) groups is 2. The molecule has 0 saturated carbocycles. The number of benzene rings is 2. The van der Waals surface area contributed by atoms with E-state index < -0.39 is 12.0 Å². The number of amides is 1. The molecule has 0 aliphatic carbocycles. The lowest BCUT2D eigenvalue weighted by Crippen LogP contribution is -2.38. The average molecular weight is 538 g/mol. The number of rotatable bonds is 10. The summed E-state index contributed by atoms with van der Waals surface area (Å²) in [4.78, 5) is 32.7. The van der Waals surface area contributed by atoms with E-state index in [4.69, 9.17) is 14.2 Å². The van der Waals surface area contributed by atoms with Gasteiger partial charge in [-0.1, -0.05) is 48.7 Å². The molecule has 8 nitrogen and oxygen atoms in total. The minimum absolute atomic E-state index is 0.0318. The number of halogens is 1. The molecule has 1 atom stereocenters. The highest BCUT2D eigenvalue weighted by atomic mass is 32.2. The zero-order chi connectivity index (χ0) is 27.2. The molecule has 1 N–H and O–H groups in total. The number of ether oxygens (including phenoxy) is 3. The van der Waals surface area contributed by atoms with E-state index in [1.807, 2.05) is 22.4 Å². The van der Waals surface area contributed by atoms with Crippen LogP contribution in [0, 0.1) is 5.82 Å². The van der Waals surface area contributed by atoms with Crippen molar-refractivity contribution in [2.24, 2.45) is 4.99 Å². The lowest BCUT2D eigenvalue weighted by Gasteiger charge is -2.37. The van der Waals surface area contributed by atoms with Crippen LogP contribution in [-0.4, -0.2) is 42.8 Å². The molecule has 0 bridgehead atoms. The third-order valence-corrected chi connectivity index (χ3v) is 6.91. The third kappa shape index (κ3) is 5.60. The topological polar surface area (TPSA) is 89.5 Å². The molecular weight excluding hydrogens is 509 g/mol. The fourth-order valence-corrected chi connectivity index (χ4v) is 5.26. The van der Waals surface area contributed by atoms with Crippen LogP contribution in [-0.2, 0) is 20.9 Å². The number of hydrogen-bond acceptors (Lipinski definition) is 8. The predicted molar refractivity (Wildman–Crippen MR) is 144 cm³/mol. The van der Waals surface area contributed by atoms with Crippen LogP contribution in [0.15, 0.2) is 82.5 Å². The van der Waals surface area contributed by atoms with Crippen molar-refractivity contribution >= 4 is 28.8 Å². The highest BCUT2D eigenvalue weighted by Gasteiger charge is 2.42. The van der Waals surface area contributed by atoms with Crippen molar-refractivity contribution in [3.05, 3.63) is 94.4 Å². The fourth-order valence-electron chi connectivity index (χ4n) is 4.29. The molecule has 1 unspecified atom stereocenters. The fraction of sp³-hybridized carbons (Fsp3) is 0.250. The number of esters is 1. The first-order valence-electron chi connectivity index (χ1n) is 11.8. The normalized spacial score (nSPS) is 16.3. The summed E-state index contributed by atoms with van der Waals surface area (Å²) >= 11 is 1.37. The third-order valence-electron chi connectivity index (χ3n) is 6.03. The molecule has 2 aromatic rings. The molecular formula is C28H28FN3O5S. The van der Waals surface area contributed by atoms with Crippen LogP contribution in [0.25, 0.3) is 0 Å². The molecule has 2 aliphatic rings. The molecule has 38 heavy (non-hydrogen) atoms. The number of nitrogens with one attached hydrogen (secondary N) is 1. The Labute approximate surface area is 224 Å². The van der Waals surface area contributed by atoms with Crippen LogP contribution in [0.5, 0.6) is 11.5 Å². The Hall–Kier alpha value is -4.05. The van der Waals surface area contributed by atoms with Gasteiger partial charge in [0.1, 0.15) is 12.4 Å². The highest BCUT2D eigenvalue weighted by molar-refractivity contribution is 8.16. The van der Waals surface area contributed by atoms with Gasteiger partial charge in [0.15, 0.2) is 16.7 Å². The van der Waals surface area contributed by atoms with E-state index in [0.717, 1.165) is 5.56 Å². The van der Waals surface area contributed by atoms with E-state index in [1.165, 1.54) is 44.2 Å². The molecule has 4 rings (SSSR count). The minimum atomic E-state index is -0.684. The van der Waals surface area contributed by atoms with E-state index in [0.29, 0.717) is 39.2 Å². The molecule has 198 valence electrons. The average Bonchev–Trinajstić information content (AvgIpc) is 3.31. The van der Waals surface area contributed by atoms with Crippen LogP contribution in [0.2, 0.25) is 0 Å². The summed E-state index contributed by atoms with van der Waals surface area (Å²) in [5.41, 5.74) is 2.91. The van der Waals surface area contributed by atoms with E-state index >= 15 is 0 Å². The van der Waals surface area contributed by atoms with E-state index in [2.05, 4.69) is 16.9 Å². The van der Waals surface area contributed by atoms with Gasteiger partial charge in [-0.05, 0) is 36.1 Å². The van der Waals surface area contributed by atoms with Crippen LogP contribution >= 0.6 is 11.8 Å². The molecule has 0 saturated heterocycles. The second-order valence-corrected chi connectivity index (χ2v) is 9.28. The van der Waals surface area contributed by atoms with Crippen LogP contribution < -0.4 is 14.8 Å². The van der Waals surface area contributed by atoms with Gasteiger partial charge >= 0.3 is 5.97 Å². The molecule has 0 aromatic heterocycles. The maximum Gasteiger partial charge on any atom is 0.338 e. The Morgan fingerprint density at radius 3 is 2.63 bits per heavy atom. The summed E-state index contributed by atoms with van der Waals surface area (Å²) in [7, 11) is 3.07. The van der Waals surface area contributed by atoms with Gasteiger partial charge < -0.3 is 24.4 Å². The summed E-state index contributed by atoms with van der Waals surface area (Å²) in [6.07, 6.45) is 1.53. The van der Waals surface area contributed by atoms with Gasteiger partial charge in [-0.3, -0.25) is 4.79 Å². The maximum absolute atomic E-state index is 13.3. The molecule has 2 heterocycles.